The Hall–Kier alpha value is -2.20. The number of alkyl halides is 6. The Kier molecular flexibility index (Phi) is 5.02. The Labute approximate surface area is 127 Å². The van der Waals surface area contributed by atoms with Gasteiger partial charge in [-0.1, -0.05) is 6.07 Å². The summed E-state index contributed by atoms with van der Waals surface area (Å²) in [6.45, 7) is 1.28. The van der Waals surface area contributed by atoms with Crippen LogP contribution in [-0.2, 0) is 0 Å². The van der Waals surface area contributed by atoms with E-state index in [0.717, 1.165) is 25.6 Å². The van der Waals surface area contributed by atoms with Crippen LogP contribution >= 0.6 is 0 Å². The monoisotopic (exact) mass is 344 g/mol. The highest BCUT2D eigenvalue weighted by atomic mass is 19.4. The molecule has 2 amide bonds. The highest BCUT2D eigenvalue weighted by Gasteiger charge is 2.73. The summed E-state index contributed by atoms with van der Waals surface area (Å²) in [6, 6.07) is 1.06. The molecule has 0 saturated heterocycles. The maximum Gasteiger partial charge on any atom is 0.439 e. The van der Waals surface area contributed by atoms with E-state index in [4.69, 9.17) is 0 Å². The van der Waals surface area contributed by atoms with Crippen molar-refractivity contribution in [1.29, 1.82) is 0 Å². The fourth-order valence-electron chi connectivity index (χ4n) is 1.54. The molecule has 0 spiro atoms. The van der Waals surface area contributed by atoms with E-state index in [9.17, 15) is 31.1 Å². The molecule has 2 N–H and O–H groups in total. The van der Waals surface area contributed by atoms with Crippen molar-refractivity contribution in [1.82, 2.24) is 15.2 Å². The quantitative estimate of drug-likeness (QED) is 0.655. The SMILES string of the molecule is Cc1cccnc1NC(NC(=O)N(C)C)(C(F)(F)F)C(F)(F)F. The summed E-state index contributed by atoms with van der Waals surface area (Å²) in [6.07, 6.45) is -10.7. The van der Waals surface area contributed by atoms with Gasteiger partial charge >= 0.3 is 24.0 Å². The minimum absolute atomic E-state index is 0.0458. The second-order valence-electron chi connectivity index (χ2n) is 4.86. The number of nitrogens with one attached hydrogen (secondary N) is 2. The third-order valence-corrected chi connectivity index (χ3v) is 2.87. The van der Waals surface area contributed by atoms with Crippen LogP contribution in [0.1, 0.15) is 5.56 Å². The van der Waals surface area contributed by atoms with Gasteiger partial charge in [0.05, 0.1) is 0 Å². The van der Waals surface area contributed by atoms with Gasteiger partial charge < -0.3 is 10.2 Å². The number of carbonyl (C=O) groups is 1. The molecule has 130 valence electrons. The molecule has 5 nitrogen and oxygen atoms in total. The molecule has 1 heterocycles. The van der Waals surface area contributed by atoms with Gasteiger partial charge in [-0.15, -0.1) is 0 Å². The van der Waals surface area contributed by atoms with Gasteiger partial charge in [0.1, 0.15) is 5.82 Å². The maximum atomic E-state index is 13.3. The van der Waals surface area contributed by atoms with Crippen molar-refractivity contribution < 1.29 is 31.1 Å². The number of amides is 2. The van der Waals surface area contributed by atoms with Crippen LogP contribution in [0, 0.1) is 6.92 Å². The lowest BCUT2D eigenvalue weighted by atomic mass is 10.1. The molecule has 0 aliphatic rings. The molecule has 0 bridgehead atoms. The molecule has 0 unspecified atom stereocenters. The summed E-state index contributed by atoms with van der Waals surface area (Å²) >= 11 is 0. The number of hydrogen-bond donors (Lipinski definition) is 2. The minimum atomic E-state index is -5.87. The topological polar surface area (TPSA) is 57.3 Å². The van der Waals surface area contributed by atoms with Crippen molar-refractivity contribution in [2.45, 2.75) is 24.9 Å². The highest BCUT2D eigenvalue weighted by Crippen LogP contribution is 2.43. The number of aromatic nitrogens is 1. The number of pyridine rings is 1. The number of aryl methyl sites for hydroxylation is 1. The average Bonchev–Trinajstić information content (AvgIpc) is 2.37. The van der Waals surface area contributed by atoms with Crippen molar-refractivity contribution in [3.8, 4) is 0 Å². The lowest BCUT2D eigenvalue weighted by Gasteiger charge is -2.39. The molecule has 0 fully saturated rings. The van der Waals surface area contributed by atoms with Gasteiger partial charge in [0.2, 0.25) is 0 Å². The van der Waals surface area contributed by atoms with Crippen LogP contribution in [0.25, 0.3) is 0 Å². The van der Waals surface area contributed by atoms with E-state index in [1.54, 1.807) is 0 Å². The summed E-state index contributed by atoms with van der Waals surface area (Å²) in [4.78, 5) is 15.5. The number of hydrogen-bond acceptors (Lipinski definition) is 3. The molecular formula is C12H14F6N4O. The second-order valence-corrected chi connectivity index (χ2v) is 4.86. The predicted molar refractivity (Wildman–Crippen MR) is 69.7 cm³/mol. The number of nitrogens with zero attached hydrogens (tertiary/aromatic N) is 2. The zero-order valence-electron chi connectivity index (χ0n) is 12.3. The van der Waals surface area contributed by atoms with Gasteiger partial charge in [-0.3, -0.25) is 5.32 Å². The summed E-state index contributed by atoms with van der Waals surface area (Å²) < 4.78 is 79.6. The largest absolute Gasteiger partial charge is 0.439 e. The van der Waals surface area contributed by atoms with Crippen LogP contribution in [0.3, 0.4) is 0 Å². The number of rotatable bonds is 3. The first-order valence-corrected chi connectivity index (χ1v) is 6.14. The van der Waals surface area contributed by atoms with Crippen molar-refractivity contribution in [3.05, 3.63) is 23.9 Å². The van der Waals surface area contributed by atoms with Gasteiger partial charge in [0.25, 0.3) is 0 Å². The minimum Gasteiger partial charge on any atom is -0.332 e. The molecule has 1 rings (SSSR count). The van der Waals surface area contributed by atoms with Gasteiger partial charge in [-0.05, 0) is 18.6 Å². The van der Waals surface area contributed by atoms with Crippen LogP contribution in [0.15, 0.2) is 18.3 Å². The van der Waals surface area contributed by atoms with Crippen LogP contribution in [0.2, 0.25) is 0 Å². The fourth-order valence-corrected chi connectivity index (χ4v) is 1.54. The highest BCUT2D eigenvalue weighted by molar-refractivity contribution is 5.75. The van der Waals surface area contributed by atoms with Crippen molar-refractivity contribution in [3.63, 3.8) is 0 Å². The Morgan fingerprint density at radius 1 is 1.13 bits per heavy atom. The number of urea groups is 1. The maximum absolute atomic E-state index is 13.3. The molecule has 0 aliphatic heterocycles. The Morgan fingerprint density at radius 2 is 1.65 bits per heavy atom. The first-order chi connectivity index (χ1) is 10.3. The molecular weight excluding hydrogens is 330 g/mol. The number of halogens is 6. The van der Waals surface area contributed by atoms with Gasteiger partial charge in [0, 0.05) is 20.3 Å². The molecule has 1 aromatic rings. The summed E-state index contributed by atoms with van der Waals surface area (Å²) in [5, 5.41) is 2.28. The molecule has 0 saturated carbocycles. The van der Waals surface area contributed by atoms with E-state index >= 15 is 0 Å². The van der Waals surface area contributed by atoms with Crippen LogP contribution < -0.4 is 10.6 Å². The number of carbonyl (C=O) groups excluding carboxylic acids is 1. The lowest BCUT2D eigenvalue weighted by Crippen LogP contribution is -2.73. The zero-order chi connectivity index (χ0) is 18.1. The Bertz CT molecular complexity index is 555. The Balaban J connectivity index is 3.45. The normalized spacial score (nSPS) is 12.7. The van der Waals surface area contributed by atoms with Crippen molar-refractivity contribution in [2.75, 3.05) is 19.4 Å². The van der Waals surface area contributed by atoms with E-state index in [2.05, 4.69) is 4.98 Å². The molecule has 0 aliphatic carbocycles. The van der Waals surface area contributed by atoms with E-state index in [1.807, 2.05) is 0 Å². The van der Waals surface area contributed by atoms with Crippen LogP contribution in [0.5, 0.6) is 0 Å². The molecule has 1 aromatic heterocycles. The van der Waals surface area contributed by atoms with E-state index < -0.39 is 29.9 Å². The van der Waals surface area contributed by atoms with Gasteiger partial charge in [0.15, 0.2) is 0 Å². The lowest BCUT2D eigenvalue weighted by molar-refractivity contribution is -0.294. The molecule has 0 aromatic carbocycles. The van der Waals surface area contributed by atoms with E-state index in [-0.39, 0.29) is 5.56 Å². The smallest absolute Gasteiger partial charge is 0.332 e. The third-order valence-electron chi connectivity index (χ3n) is 2.87. The molecule has 11 heteroatoms. The first kappa shape index (κ1) is 18.8. The van der Waals surface area contributed by atoms with Gasteiger partial charge in [-0.2, -0.15) is 26.3 Å². The number of anilines is 1. The molecule has 0 atom stereocenters. The van der Waals surface area contributed by atoms with Crippen molar-refractivity contribution in [2.24, 2.45) is 0 Å². The van der Waals surface area contributed by atoms with Crippen molar-refractivity contribution >= 4 is 11.8 Å². The van der Waals surface area contributed by atoms with E-state index in [0.29, 0.717) is 4.90 Å². The standard InChI is InChI=1S/C12H14F6N4O/c1-7-5-4-6-19-8(7)20-10(11(13,14)15,12(16,17)18)21-9(23)22(2)3/h4-6H,1-3H3,(H,19,20)(H,21,23). The third kappa shape index (κ3) is 3.77. The molecule has 0 radical (unpaired) electrons. The van der Waals surface area contributed by atoms with E-state index in [1.165, 1.54) is 24.4 Å². The van der Waals surface area contributed by atoms with Gasteiger partial charge in [-0.25, -0.2) is 9.78 Å². The molecule has 23 heavy (non-hydrogen) atoms. The Morgan fingerprint density at radius 3 is 2.04 bits per heavy atom. The average molecular weight is 344 g/mol. The first-order valence-electron chi connectivity index (χ1n) is 6.14. The van der Waals surface area contributed by atoms with Crippen LogP contribution in [0.4, 0.5) is 37.0 Å². The second kappa shape index (κ2) is 6.13. The zero-order valence-corrected chi connectivity index (χ0v) is 12.3. The van der Waals surface area contributed by atoms with Crippen LogP contribution in [-0.4, -0.2) is 48.0 Å². The fraction of sp³-hybridized carbons (Fsp3) is 0.500. The predicted octanol–water partition coefficient (Wildman–Crippen LogP) is 2.89. The summed E-state index contributed by atoms with van der Waals surface area (Å²) in [5.74, 6) is -0.652. The summed E-state index contributed by atoms with van der Waals surface area (Å²) in [5.41, 5.74) is -4.63. The summed E-state index contributed by atoms with van der Waals surface area (Å²) in [7, 11) is 2.03.